The normalized spacial score (nSPS) is 20.2. The average Bonchev–Trinajstić information content (AvgIpc) is 2.72. The standard InChI is InChI=1S/C20H27N5O2/c26-20-13-16-15-27-12-6-19(16)23-25(20)11-10-24-9-2-1-3-18(24)14-22-17-4-7-21-8-5-17/h4-5,7-8,13,18H,1-3,6,9-12,14-15H2,(H,21,22). The lowest BCUT2D eigenvalue weighted by Crippen LogP contribution is -2.45. The van der Waals surface area contributed by atoms with Gasteiger partial charge in [-0.2, -0.15) is 5.10 Å². The summed E-state index contributed by atoms with van der Waals surface area (Å²) in [5.41, 5.74) is 3.03. The largest absolute Gasteiger partial charge is 0.383 e. The zero-order valence-corrected chi connectivity index (χ0v) is 15.6. The molecule has 144 valence electrons. The Morgan fingerprint density at radius 2 is 2.11 bits per heavy atom. The summed E-state index contributed by atoms with van der Waals surface area (Å²) in [4.78, 5) is 18.9. The van der Waals surface area contributed by atoms with Gasteiger partial charge in [0.25, 0.3) is 5.56 Å². The van der Waals surface area contributed by atoms with E-state index in [1.165, 1.54) is 19.3 Å². The van der Waals surface area contributed by atoms with E-state index in [-0.39, 0.29) is 5.56 Å². The zero-order valence-electron chi connectivity index (χ0n) is 15.6. The van der Waals surface area contributed by atoms with Crippen molar-refractivity contribution in [1.29, 1.82) is 0 Å². The van der Waals surface area contributed by atoms with E-state index in [0.29, 0.717) is 25.8 Å². The fourth-order valence-corrected chi connectivity index (χ4v) is 3.93. The van der Waals surface area contributed by atoms with E-state index >= 15 is 0 Å². The lowest BCUT2D eigenvalue weighted by molar-refractivity contribution is 0.107. The highest BCUT2D eigenvalue weighted by Gasteiger charge is 2.22. The molecule has 0 spiro atoms. The first-order valence-electron chi connectivity index (χ1n) is 9.85. The molecule has 0 bridgehead atoms. The summed E-state index contributed by atoms with van der Waals surface area (Å²) in [6.45, 7) is 4.67. The summed E-state index contributed by atoms with van der Waals surface area (Å²) in [6, 6.07) is 6.16. The average molecular weight is 369 g/mol. The second kappa shape index (κ2) is 8.63. The molecule has 2 aliphatic rings. The van der Waals surface area contributed by atoms with Gasteiger partial charge in [-0.25, -0.2) is 4.68 Å². The van der Waals surface area contributed by atoms with Crippen molar-refractivity contribution in [3.8, 4) is 0 Å². The van der Waals surface area contributed by atoms with Gasteiger partial charge in [-0.3, -0.25) is 14.7 Å². The van der Waals surface area contributed by atoms with Crippen molar-refractivity contribution in [1.82, 2.24) is 19.7 Å². The topological polar surface area (TPSA) is 72.3 Å². The predicted octanol–water partition coefficient (Wildman–Crippen LogP) is 1.68. The molecule has 0 aromatic carbocycles. The number of hydrogen-bond acceptors (Lipinski definition) is 6. The lowest BCUT2D eigenvalue weighted by atomic mass is 10.0. The Hall–Kier alpha value is -2.25. The van der Waals surface area contributed by atoms with E-state index in [4.69, 9.17) is 4.74 Å². The number of likely N-dealkylation sites (tertiary alicyclic amines) is 1. The van der Waals surface area contributed by atoms with Crippen LogP contribution in [-0.2, 0) is 24.3 Å². The Labute approximate surface area is 159 Å². The molecule has 27 heavy (non-hydrogen) atoms. The predicted molar refractivity (Wildman–Crippen MR) is 104 cm³/mol. The van der Waals surface area contributed by atoms with Crippen molar-refractivity contribution in [2.45, 2.75) is 44.9 Å². The Kier molecular flexibility index (Phi) is 5.79. The summed E-state index contributed by atoms with van der Waals surface area (Å²) in [6.07, 6.45) is 8.06. The number of fused-ring (bicyclic) bond motifs is 1. The maximum absolute atomic E-state index is 12.4. The van der Waals surface area contributed by atoms with Gasteiger partial charge in [-0.1, -0.05) is 6.42 Å². The summed E-state index contributed by atoms with van der Waals surface area (Å²) in [5, 5.41) is 8.11. The molecule has 1 atom stereocenters. The first kappa shape index (κ1) is 18.1. The third-order valence-electron chi connectivity index (χ3n) is 5.48. The summed E-state index contributed by atoms with van der Waals surface area (Å²) in [7, 11) is 0. The SMILES string of the molecule is O=c1cc2c(nn1CCN1CCCCC1CNc1ccncc1)CCOC2. The van der Waals surface area contributed by atoms with Crippen LogP contribution < -0.4 is 10.9 Å². The zero-order chi connectivity index (χ0) is 18.5. The van der Waals surface area contributed by atoms with Gasteiger partial charge in [-0.15, -0.1) is 0 Å². The molecule has 2 aromatic heterocycles. The second-order valence-corrected chi connectivity index (χ2v) is 7.28. The molecule has 4 rings (SSSR count). The fraction of sp³-hybridized carbons (Fsp3) is 0.550. The third kappa shape index (κ3) is 4.54. The van der Waals surface area contributed by atoms with Crippen LogP contribution in [0.3, 0.4) is 0 Å². The van der Waals surface area contributed by atoms with Crippen molar-refractivity contribution in [3.63, 3.8) is 0 Å². The molecule has 7 nitrogen and oxygen atoms in total. The van der Waals surface area contributed by atoms with Crippen LogP contribution in [-0.4, -0.2) is 51.9 Å². The van der Waals surface area contributed by atoms with Crippen LogP contribution in [0.4, 0.5) is 5.69 Å². The van der Waals surface area contributed by atoms with Crippen molar-refractivity contribution >= 4 is 5.69 Å². The van der Waals surface area contributed by atoms with Crippen molar-refractivity contribution in [3.05, 3.63) is 52.2 Å². The van der Waals surface area contributed by atoms with Crippen LogP contribution in [0, 0.1) is 0 Å². The van der Waals surface area contributed by atoms with Gasteiger partial charge in [0.15, 0.2) is 0 Å². The fourth-order valence-electron chi connectivity index (χ4n) is 3.93. The van der Waals surface area contributed by atoms with Crippen molar-refractivity contribution < 1.29 is 4.74 Å². The number of hydrogen-bond donors (Lipinski definition) is 1. The molecular formula is C20H27N5O2. The molecule has 1 unspecified atom stereocenters. The Morgan fingerprint density at radius 1 is 1.22 bits per heavy atom. The minimum absolute atomic E-state index is 0.0253. The minimum atomic E-state index is -0.0253. The van der Waals surface area contributed by atoms with Gasteiger partial charge in [-0.05, 0) is 31.5 Å². The molecule has 0 saturated carbocycles. The quantitative estimate of drug-likeness (QED) is 0.835. The van der Waals surface area contributed by atoms with E-state index in [9.17, 15) is 4.79 Å². The number of ether oxygens (including phenoxy) is 1. The number of nitrogens with one attached hydrogen (secondary N) is 1. The van der Waals surface area contributed by atoms with Crippen LogP contribution in [0.5, 0.6) is 0 Å². The van der Waals surface area contributed by atoms with Crippen molar-refractivity contribution in [2.75, 3.05) is 31.6 Å². The molecule has 1 saturated heterocycles. The molecular weight excluding hydrogens is 342 g/mol. The second-order valence-electron chi connectivity index (χ2n) is 7.28. The highest BCUT2D eigenvalue weighted by atomic mass is 16.5. The van der Waals surface area contributed by atoms with Gasteiger partial charge >= 0.3 is 0 Å². The number of aromatic nitrogens is 3. The molecule has 7 heteroatoms. The van der Waals surface area contributed by atoms with Gasteiger partial charge in [0.2, 0.25) is 0 Å². The summed E-state index contributed by atoms with van der Waals surface area (Å²) in [5.74, 6) is 0. The molecule has 0 aliphatic carbocycles. The van der Waals surface area contributed by atoms with E-state index in [1.807, 2.05) is 12.1 Å². The van der Waals surface area contributed by atoms with E-state index < -0.39 is 0 Å². The minimum Gasteiger partial charge on any atom is -0.383 e. The first-order chi connectivity index (χ1) is 13.3. The molecule has 2 aliphatic heterocycles. The van der Waals surface area contributed by atoms with Gasteiger partial charge in [0, 0.05) is 55.3 Å². The first-order valence-corrected chi connectivity index (χ1v) is 9.85. The monoisotopic (exact) mass is 369 g/mol. The number of nitrogens with zero attached hydrogens (tertiary/aromatic N) is 4. The van der Waals surface area contributed by atoms with E-state index in [1.54, 1.807) is 23.1 Å². The van der Waals surface area contributed by atoms with Crippen LogP contribution in [0.1, 0.15) is 30.5 Å². The van der Waals surface area contributed by atoms with Crippen LogP contribution in [0.25, 0.3) is 0 Å². The molecule has 1 N–H and O–H groups in total. The summed E-state index contributed by atoms with van der Waals surface area (Å²) < 4.78 is 7.05. The van der Waals surface area contributed by atoms with E-state index in [2.05, 4.69) is 20.3 Å². The van der Waals surface area contributed by atoms with Crippen molar-refractivity contribution in [2.24, 2.45) is 0 Å². The van der Waals surface area contributed by atoms with Gasteiger partial charge < -0.3 is 10.1 Å². The Morgan fingerprint density at radius 3 is 3.00 bits per heavy atom. The van der Waals surface area contributed by atoms with Crippen LogP contribution >= 0.6 is 0 Å². The highest BCUT2D eigenvalue weighted by molar-refractivity contribution is 5.40. The van der Waals surface area contributed by atoms with Crippen LogP contribution in [0.15, 0.2) is 35.4 Å². The smallest absolute Gasteiger partial charge is 0.267 e. The van der Waals surface area contributed by atoms with Gasteiger partial charge in [0.1, 0.15) is 0 Å². The number of pyridine rings is 1. The number of rotatable bonds is 6. The molecule has 0 radical (unpaired) electrons. The Bertz CT molecular complexity index is 808. The molecule has 2 aromatic rings. The molecule has 1 fully saturated rings. The number of piperidine rings is 1. The number of anilines is 1. The highest BCUT2D eigenvalue weighted by Crippen LogP contribution is 2.18. The summed E-state index contributed by atoms with van der Waals surface area (Å²) >= 11 is 0. The molecule has 0 amide bonds. The maximum atomic E-state index is 12.4. The maximum Gasteiger partial charge on any atom is 0.267 e. The van der Waals surface area contributed by atoms with Crippen LogP contribution in [0.2, 0.25) is 0 Å². The van der Waals surface area contributed by atoms with Gasteiger partial charge in [0.05, 0.1) is 25.5 Å². The molecule has 4 heterocycles. The Balaban J connectivity index is 1.38. The third-order valence-corrected chi connectivity index (χ3v) is 5.48. The lowest BCUT2D eigenvalue weighted by Gasteiger charge is -2.36. The van der Waals surface area contributed by atoms with E-state index in [0.717, 1.165) is 43.0 Å².